The van der Waals surface area contributed by atoms with Gasteiger partial charge in [-0.3, -0.25) is 9.69 Å². The van der Waals surface area contributed by atoms with E-state index in [0.29, 0.717) is 33.9 Å². The van der Waals surface area contributed by atoms with E-state index in [1.165, 1.54) is 6.33 Å². The smallest absolute Gasteiger partial charge is 0.248 e. The highest BCUT2D eigenvalue weighted by atomic mass is 16.5. The number of aromatic nitrogens is 2. The molecule has 0 radical (unpaired) electrons. The average Bonchev–Trinajstić information content (AvgIpc) is 3.37. The first-order valence-corrected chi connectivity index (χ1v) is 12.9. The minimum atomic E-state index is -0.260. The Morgan fingerprint density at radius 1 is 1.08 bits per heavy atom. The number of aliphatic hydroxyl groups excluding tert-OH is 1. The zero-order chi connectivity index (χ0) is 27.0. The predicted octanol–water partition coefficient (Wildman–Crippen LogP) is 5.13. The lowest BCUT2D eigenvalue weighted by Crippen LogP contribution is -2.23. The van der Waals surface area contributed by atoms with Crippen LogP contribution in [0.2, 0.25) is 0 Å². The Hall–Kier alpha value is -4.47. The molecule has 1 fully saturated rings. The van der Waals surface area contributed by atoms with E-state index in [9.17, 15) is 9.90 Å². The molecule has 0 aliphatic carbocycles. The van der Waals surface area contributed by atoms with Gasteiger partial charge in [-0.1, -0.05) is 24.3 Å². The highest BCUT2D eigenvalue weighted by Crippen LogP contribution is 2.38. The van der Waals surface area contributed by atoms with Crippen molar-refractivity contribution in [1.29, 1.82) is 0 Å². The number of para-hydroxylation sites is 1. The minimum Gasteiger partial charge on any atom is -0.488 e. The van der Waals surface area contributed by atoms with Crippen molar-refractivity contribution in [2.45, 2.75) is 18.9 Å². The normalized spacial score (nSPS) is 15.5. The van der Waals surface area contributed by atoms with Crippen molar-refractivity contribution < 1.29 is 19.4 Å². The SMILES string of the molecule is CN1CCCC1/C=C/C(=O)Nc1ccc2ncnc(Nc3ccc(Oc4ccccc4)cc3)c2c1OCCO. The fraction of sp³-hybridized carbons (Fsp3) is 0.233. The second-order valence-corrected chi connectivity index (χ2v) is 9.23. The Labute approximate surface area is 227 Å². The number of anilines is 3. The molecule has 9 nitrogen and oxygen atoms in total. The van der Waals surface area contributed by atoms with Crippen LogP contribution in [0.4, 0.5) is 17.2 Å². The highest BCUT2D eigenvalue weighted by Gasteiger charge is 2.19. The maximum Gasteiger partial charge on any atom is 0.248 e. The summed E-state index contributed by atoms with van der Waals surface area (Å²) in [6, 6.07) is 20.9. The molecule has 1 unspecified atom stereocenters. The third kappa shape index (κ3) is 6.51. The lowest BCUT2D eigenvalue weighted by molar-refractivity contribution is -0.111. The van der Waals surface area contributed by atoms with Crippen molar-refractivity contribution in [3.8, 4) is 17.2 Å². The number of carbonyl (C=O) groups is 1. The van der Waals surface area contributed by atoms with Gasteiger partial charge in [-0.05, 0) is 75.0 Å². The van der Waals surface area contributed by atoms with Crippen LogP contribution in [0.25, 0.3) is 10.9 Å². The van der Waals surface area contributed by atoms with Crippen LogP contribution in [0.15, 0.2) is 85.2 Å². The van der Waals surface area contributed by atoms with Crippen LogP contribution in [0.1, 0.15) is 12.8 Å². The number of amides is 1. The molecular formula is C30H31N5O4. The molecule has 1 aromatic heterocycles. The van der Waals surface area contributed by atoms with E-state index in [2.05, 4.69) is 32.5 Å². The van der Waals surface area contributed by atoms with Gasteiger partial charge in [0.1, 0.15) is 30.3 Å². The van der Waals surface area contributed by atoms with E-state index >= 15 is 0 Å². The van der Waals surface area contributed by atoms with Crippen LogP contribution < -0.4 is 20.1 Å². The van der Waals surface area contributed by atoms with Crippen LogP contribution >= 0.6 is 0 Å². The molecule has 5 rings (SSSR count). The Morgan fingerprint density at radius 3 is 2.62 bits per heavy atom. The number of likely N-dealkylation sites (N-methyl/N-ethyl adjacent to an activating group) is 1. The van der Waals surface area contributed by atoms with Crippen molar-refractivity contribution in [1.82, 2.24) is 14.9 Å². The van der Waals surface area contributed by atoms with Crippen LogP contribution in [0.3, 0.4) is 0 Å². The Balaban J connectivity index is 1.40. The summed E-state index contributed by atoms with van der Waals surface area (Å²) in [5.41, 5.74) is 1.88. The van der Waals surface area contributed by atoms with Gasteiger partial charge in [0.15, 0.2) is 5.75 Å². The summed E-state index contributed by atoms with van der Waals surface area (Å²) in [6.45, 7) is 0.889. The third-order valence-electron chi connectivity index (χ3n) is 6.49. The monoisotopic (exact) mass is 525 g/mol. The number of nitrogens with zero attached hydrogens (tertiary/aromatic N) is 3. The number of aliphatic hydroxyl groups is 1. The quantitative estimate of drug-likeness (QED) is 0.245. The van der Waals surface area contributed by atoms with Crippen molar-refractivity contribution in [2.75, 3.05) is 37.4 Å². The summed E-state index contributed by atoms with van der Waals surface area (Å²) < 4.78 is 11.8. The van der Waals surface area contributed by atoms with Crippen molar-refractivity contribution in [3.05, 3.63) is 85.2 Å². The van der Waals surface area contributed by atoms with Crippen LogP contribution in [-0.2, 0) is 4.79 Å². The Kier molecular flexibility index (Phi) is 8.30. The minimum absolute atomic E-state index is 0.0462. The molecule has 1 amide bonds. The number of ether oxygens (including phenoxy) is 2. The molecule has 200 valence electrons. The summed E-state index contributed by atoms with van der Waals surface area (Å²) in [5, 5.41) is 16.3. The Bertz CT molecular complexity index is 1440. The lowest BCUT2D eigenvalue weighted by atomic mass is 10.1. The number of fused-ring (bicyclic) bond motifs is 1. The number of rotatable bonds is 10. The van der Waals surface area contributed by atoms with E-state index in [-0.39, 0.29) is 25.2 Å². The molecule has 1 aliphatic heterocycles. The molecular weight excluding hydrogens is 494 g/mol. The van der Waals surface area contributed by atoms with Crippen LogP contribution in [0.5, 0.6) is 17.2 Å². The number of benzene rings is 3. The van der Waals surface area contributed by atoms with Crippen LogP contribution in [0, 0.1) is 0 Å². The molecule has 1 atom stereocenters. The summed E-state index contributed by atoms with van der Waals surface area (Å²) in [7, 11) is 2.06. The zero-order valence-corrected chi connectivity index (χ0v) is 21.7. The fourth-order valence-electron chi connectivity index (χ4n) is 4.53. The zero-order valence-electron chi connectivity index (χ0n) is 21.7. The summed E-state index contributed by atoms with van der Waals surface area (Å²) >= 11 is 0. The molecule has 1 aliphatic rings. The van der Waals surface area contributed by atoms with Gasteiger partial charge < -0.3 is 25.2 Å². The van der Waals surface area contributed by atoms with Gasteiger partial charge in [-0.15, -0.1) is 0 Å². The number of carbonyl (C=O) groups excluding carboxylic acids is 1. The van der Waals surface area contributed by atoms with Gasteiger partial charge in [0.05, 0.1) is 23.2 Å². The summed E-state index contributed by atoms with van der Waals surface area (Å²) in [4.78, 5) is 23.9. The van der Waals surface area contributed by atoms with E-state index in [0.717, 1.165) is 30.8 Å². The average molecular weight is 526 g/mol. The van der Waals surface area contributed by atoms with E-state index in [1.54, 1.807) is 18.2 Å². The predicted molar refractivity (Wildman–Crippen MR) is 152 cm³/mol. The van der Waals surface area contributed by atoms with Gasteiger partial charge in [0, 0.05) is 17.8 Å². The van der Waals surface area contributed by atoms with Crippen molar-refractivity contribution >= 4 is 34.0 Å². The molecule has 0 saturated carbocycles. The van der Waals surface area contributed by atoms with Gasteiger partial charge in [0.25, 0.3) is 0 Å². The van der Waals surface area contributed by atoms with Gasteiger partial charge in [-0.2, -0.15) is 0 Å². The lowest BCUT2D eigenvalue weighted by Gasteiger charge is -2.17. The second-order valence-electron chi connectivity index (χ2n) is 9.23. The molecule has 3 aromatic carbocycles. The second kappa shape index (κ2) is 12.4. The van der Waals surface area contributed by atoms with Crippen molar-refractivity contribution in [2.24, 2.45) is 0 Å². The molecule has 9 heteroatoms. The molecule has 0 bridgehead atoms. The van der Waals surface area contributed by atoms with Gasteiger partial charge in [0.2, 0.25) is 5.91 Å². The standard InChI is InChI=1S/C30H31N5O4/c1-35-17-5-6-22(35)11-16-27(37)34-26-15-14-25-28(29(26)38-19-18-36)30(32-20-31-25)33-21-9-12-24(13-10-21)39-23-7-3-2-4-8-23/h2-4,7-16,20,22,36H,5-6,17-19H2,1H3,(H,34,37)(H,31,32,33)/b16-11+. The molecule has 39 heavy (non-hydrogen) atoms. The summed E-state index contributed by atoms with van der Waals surface area (Å²) in [6.07, 6.45) is 7.11. The fourth-order valence-corrected chi connectivity index (χ4v) is 4.53. The van der Waals surface area contributed by atoms with Gasteiger partial charge in [-0.25, -0.2) is 9.97 Å². The first-order chi connectivity index (χ1) is 19.1. The molecule has 1 saturated heterocycles. The van der Waals surface area contributed by atoms with Crippen LogP contribution in [-0.4, -0.2) is 58.7 Å². The molecule has 4 aromatic rings. The van der Waals surface area contributed by atoms with Crippen molar-refractivity contribution in [3.63, 3.8) is 0 Å². The number of hydrogen-bond donors (Lipinski definition) is 3. The first-order valence-electron chi connectivity index (χ1n) is 12.9. The number of hydrogen-bond acceptors (Lipinski definition) is 8. The Morgan fingerprint density at radius 2 is 1.87 bits per heavy atom. The van der Waals surface area contributed by atoms with Gasteiger partial charge >= 0.3 is 0 Å². The number of nitrogens with one attached hydrogen (secondary N) is 2. The molecule has 2 heterocycles. The molecule has 0 spiro atoms. The summed E-state index contributed by atoms with van der Waals surface area (Å²) in [5.74, 6) is 2.08. The maximum absolute atomic E-state index is 12.8. The highest BCUT2D eigenvalue weighted by molar-refractivity contribution is 6.06. The maximum atomic E-state index is 12.8. The van der Waals surface area contributed by atoms with E-state index < -0.39 is 0 Å². The topological polar surface area (TPSA) is 109 Å². The molecule has 3 N–H and O–H groups in total. The van der Waals surface area contributed by atoms with E-state index in [1.807, 2.05) is 60.7 Å². The number of likely N-dealkylation sites (tertiary alicyclic amines) is 1. The third-order valence-corrected chi connectivity index (χ3v) is 6.49. The first kappa shape index (κ1) is 26.1. The largest absolute Gasteiger partial charge is 0.488 e. The van der Waals surface area contributed by atoms with E-state index in [4.69, 9.17) is 9.47 Å².